The first kappa shape index (κ1) is 9.24. The van der Waals surface area contributed by atoms with Crippen molar-refractivity contribution in [1.82, 2.24) is 10.2 Å². The fraction of sp³-hybridized carbons (Fsp3) is 0.286. The number of nitrogens with zero attached hydrogens (tertiary/aromatic N) is 1. The van der Waals surface area contributed by atoms with Gasteiger partial charge >= 0.3 is 5.97 Å². The van der Waals surface area contributed by atoms with E-state index in [1.54, 1.807) is 0 Å². The van der Waals surface area contributed by atoms with E-state index in [1.807, 2.05) is 0 Å². The van der Waals surface area contributed by atoms with Crippen molar-refractivity contribution in [2.45, 2.75) is 0 Å². The van der Waals surface area contributed by atoms with Gasteiger partial charge in [0.2, 0.25) is 5.88 Å². The highest BCUT2D eigenvalue weighted by molar-refractivity contribution is 5.97. The van der Waals surface area contributed by atoms with Gasteiger partial charge in [0.05, 0.1) is 14.2 Å². The third-order valence-corrected chi connectivity index (χ3v) is 1.47. The molecular weight excluding hydrogens is 176 g/mol. The molecule has 6 heteroatoms. The number of H-pyrrole nitrogens is 1. The summed E-state index contributed by atoms with van der Waals surface area (Å²) in [6.45, 7) is 0. The molecule has 0 aliphatic rings. The van der Waals surface area contributed by atoms with E-state index in [9.17, 15) is 9.59 Å². The van der Waals surface area contributed by atoms with Crippen molar-refractivity contribution in [3.8, 4) is 5.88 Å². The minimum atomic E-state index is -0.679. The summed E-state index contributed by atoms with van der Waals surface area (Å²) in [5.74, 6) is -0.531. The van der Waals surface area contributed by atoms with Crippen molar-refractivity contribution >= 4 is 12.3 Å². The number of aromatic nitrogens is 2. The van der Waals surface area contributed by atoms with Gasteiger partial charge in [0.25, 0.3) is 0 Å². The third kappa shape index (κ3) is 1.51. The lowest BCUT2D eigenvalue weighted by atomic mass is 10.2. The number of aldehydes is 1. The van der Waals surface area contributed by atoms with Gasteiger partial charge in [0.15, 0.2) is 12.0 Å². The van der Waals surface area contributed by atoms with Gasteiger partial charge in [-0.1, -0.05) is 0 Å². The van der Waals surface area contributed by atoms with Gasteiger partial charge in [-0.05, 0) is 0 Å². The van der Waals surface area contributed by atoms with E-state index in [1.165, 1.54) is 14.2 Å². The molecule has 0 atom stereocenters. The summed E-state index contributed by atoms with van der Waals surface area (Å²) in [7, 11) is 2.57. The molecule has 1 rings (SSSR count). The van der Waals surface area contributed by atoms with Gasteiger partial charge in [-0.2, -0.15) is 5.10 Å². The van der Waals surface area contributed by atoms with E-state index >= 15 is 0 Å². The Morgan fingerprint density at radius 1 is 1.54 bits per heavy atom. The highest BCUT2D eigenvalue weighted by Crippen LogP contribution is 2.16. The molecule has 1 N–H and O–H groups in total. The average Bonchev–Trinajstić information content (AvgIpc) is 2.58. The molecule has 0 amide bonds. The Kier molecular flexibility index (Phi) is 2.63. The zero-order chi connectivity index (χ0) is 9.84. The largest absolute Gasteiger partial charge is 0.481 e. The maximum Gasteiger partial charge on any atom is 0.359 e. The standard InChI is InChI=1S/C7H8N2O4/c1-12-6-4(3-10)5(8-9-6)7(11)13-2/h3H,1-2H3,(H,8,9). The summed E-state index contributed by atoms with van der Waals surface area (Å²) in [6, 6.07) is 0. The number of rotatable bonds is 3. The molecule has 70 valence electrons. The van der Waals surface area contributed by atoms with Gasteiger partial charge in [-0.3, -0.25) is 4.79 Å². The van der Waals surface area contributed by atoms with Crippen molar-refractivity contribution in [3.63, 3.8) is 0 Å². The Bertz CT molecular complexity index is 331. The molecule has 0 aliphatic heterocycles. The first-order valence-corrected chi connectivity index (χ1v) is 3.40. The Morgan fingerprint density at radius 2 is 2.23 bits per heavy atom. The number of hydrogen-bond donors (Lipinski definition) is 1. The summed E-state index contributed by atoms with van der Waals surface area (Å²) in [4.78, 5) is 21.5. The van der Waals surface area contributed by atoms with Crippen LogP contribution in [0, 0.1) is 0 Å². The normalized spacial score (nSPS) is 9.38. The Labute approximate surface area is 73.8 Å². The fourth-order valence-electron chi connectivity index (χ4n) is 0.852. The summed E-state index contributed by atoms with van der Waals surface area (Å²) in [5, 5.41) is 5.96. The molecule has 0 radical (unpaired) electrons. The molecule has 0 saturated heterocycles. The van der Waals surface area contributed by atoms with E-state index in [4.69, 9.17) is 4.74 Å². The number of ether oxygens (including phenoxy) is 2. The van der Waals surface area contributed by atoms with Gasteiger partial charge in [-0.25, -0.2) is 9.89 Å². The monoisotopic (exact) mass is 184 g/mol. The second kappa shape index (κ2) is 3.70. The first-order chi connectivity index (χ1) is 6.24. The van der Waals surface area contributed by atoms with Crippen LogP contribution in [0.1, 0.15) is 20.8 Å². The first-order valence-electron chi connectivity index (χ1n) is 3.40. The summed E-state index contributed by atoms with van der Waals surface area (Å²) in [5.41, 5.74) is -0.0105. The highest BCUT2D eigenvalue weighted by Gasteiger charge is 2.19. The summed E-state index contributed by atoms with van der Waals surface area (Å²) >= 11 is 0. The number of carbonyl (C=O) groups is 2. The summed E-state index contributed by atoms with van der Waals surface area (Å²) < 4.78 is 9.16. The average molecular weight is 184 g/mol. The van der Waals surface area contributed by atoms with E-state index in [0.29, 0.717) is 6.29 Å². The number of methoxy groups -OCH3 is 2. The van der Waals surface area contributed by atoms with Crippen LogP contribution < -0.4 is 4.74 Å². The topological polar surface area (TPSA) is 81.3 Å². The van der Waals surface area contributed by atoms with Crippen molar-refractivity contribution in [2.24, 2.45) is 0 Å². The summed E-state index contributed by atoms with van der Waals surface area (Å²) in [6.07, 6.45) is 0.481. The quantitative estimate of drug-likeness (QED) is 0.529. The predicted molar refractivity (Wildman–Crippen MR) is 41.9 cm³/mol. The van der Waals surface area contributed by atoms with Crippen molar-refractivity contribution < 1.29 is 19.1 Å². The van der Waals surface area contributed by atoms with Crippen LogP contribution >= 0.6 is 0 Å². The molecule has 0 saturated carbocycles. The zero-order valence-electron chi connectivity index (χ0n) is 7.16. The Balaban J connectivity index is 3.15. The number of nitrogens with one attached hydrogen (secondary N) is 1. The molecule has 1 aromatic rings. The lowest BCUT2D eigenvalue weighted by Gasteiger charge is -1.95. The van der Waals surface area contributed by atoms with Crippen LogP contribution in [0.2, 0.25) is 0 Å². The van der Waals surface area contributed by atoms with Crippen LogP contribution in [0.4, 0.5) is 0 Å². The molecule has 0 unspecified atom stereocenters. The Hall–Kier alpha value is -1.85. The molecule has 1 heterocycles. The number of hydrogen-bond acceptors (Lipinski definition) is 5. The number of aromatic amines is 1. The van der Waals surface area contributed by atoms with E-state index < -0.39 is 5.97 Å². The molecule has 0 aromatic carbocycles. The lowest BCUT2D eigenvalue weighted by Crippen LogP contribution is -2.04. The van der Waals surface area contributed by atoms with Gasteiger partial charge < -0.3 is 9.47 Å². The molecular formula is C7H8N2O4. The SMILES string of the molecule is COC(=O)c1n[nH]c(OC)c1C=O. The second-order valence-electron chi connectivity index (χ2n) is 2.13. The smallest absolute Gasteiger partial charge is 0.359 e. The van der Waals surface area contributed by atoms with Crippen LogP contribution in [0.25, 0.3) is 0 Å². The van der Waals surface area contributed by atoms with E-state index in [0.717, 1.165) is 0 Å². The van der Waals surface area contributed by atoms with Crippen LogP contribution in [0.3, 0.4) is 0 Å². The molecule has 1 aromatic heterocycles. The maximum absolute atomic E-state index is 11.0. The van der Waals surface area contributed by atoms with Crippen molar-refractivity contribution in [2.75, 3.05) is 14.2 Å². The number of carbonyl (C=O) groups excluding carboxylic acids is 2. The van der Waals surface area contributed by atoms with E-state index in [2.05, 4.69) is 14.9 Å². The third-order valence-electron chi connectivity index (χ3n) is 1.47. The molecule has 0 bridgehead atoms. The Morgan fingerprint density at radius 3 is 2.69 bits per heavy atom. The number of esters is 1. The fourth-order valence-corrected chi connectivity index (χ4v) is 0.852. The van der Waals surface area contributed by atoms with Gasteiger partial charge in [0, 0.05) is 0 Å². The molecule has 0 spiro atoms. The predicted octanol–water partition coefficient (Wildman–Crippen LogP) is 0.0174. The maximum atomic E-state index is 11.0. The van der Waals surface area contributed by atoms with Crippen LogP contribution in [0.15, 0.2) is 0 Å². The van der Waals surface area contributed by atoms with Crippen molar-refractivity contribution in [3.05, 3.63) is 11.3 Å². The van der Waals surface area contributed by atoms with Crippen LogP contribution in [-0.2, 0) is 4.74 Å². The van der Waals surface area contributed by atoms with Gasteiger partial charge in [-0.15, -0.1) is 0 Å². The lowest BCUT2D eigenvalue weighted by molar-refractivity contribution is 0.0591. The van der Waals surface area contributed by atoms with E-state index in [-0.39, 0.29) is 17.1 Å². The molecule has 0 aliphatic carbocycles. The minimum absolute atomic E-state index is 0.0642. The van der Waals surface area contributed by atoms with Gasteiger partial charge in [0.1, 0.15) is 5.56 Å². The molecule has 6 nitrogen and oxygen atoms in total. The van der Waals surface area contributed by atoms with Crippen molar-refractivity contribution in [1.29, 1.82) is 0 Å². The van der Waals surface area contributed by atoms with Crippen LogP contribution in [-0.4, -0.2) is 36.7 Å². The zero-order valence-corrected chi connectivity index (χ0v) is 7.16. The molecule has 13 heavy (non-hydrogen) atoms. The second-order valence-corrected chi connectivity index (χ2v) is 2.13. The van der Waals surface area contributed by atoms with Crippen LogP contribution in [0.5, 0.6) is 5.88 Å². The highest BCUT2D eigenvalue weighted by atomic mass is 16.5. The molecule has 0 fully saturated rings. The minimum Gasteiger partial charge on any atom is -0.481 e.